The molecule has 0 saturated carbocycles. The van der Waals surface area contributed by atoms with Gasteiger partial charge in [0.15, 0.2) is 11.5 Å². The number of carboxylic acids is 1. The quantitative estimate of drug-likeness (QED) is 0.591. The van der Waals surface area contributed by atoms with E-state index in [0.717, 1.165) is 16.7 Å². The number of benzene rings is 3. The number of carboxylic acid groups (broad SMARTS) is 1. The first-order valence-corrected chi connectivity index (χ1v) is 9.55. The molecule has 1 atom stereocenters. The standard InChI is InChI=1S/C25H26O4/c1-25(19-10-6-4-7-11-19,20-12-8-5-9-13-20)21(24(26)27)16-18-14-15-22(28-2)23(17-18)29-3/h4-15,17,21H,16H2,1-3H3,(H,26,27). The van der Waals surface area contributed by atoms with Crippen LogP contribution in [0.3, 0.4) is 0 Å². The van der Waals surface area contributed by atoms with E-state index in [2.05, 4.69) is 0 Å². The Morgan fingerprint density at radius 3 is 1.83 bits per heavy atom. The summed E-state index contributed by atoms with van der Waals surface area (Å²) in [6, 6.07) is 25.2. The predicted octanol–water partition coefficient (Wildman–Crippen LogP) is 4.95. The van der Waals surface area contributed by atoms with Crippen LogP contribution in [0.25, 0.3) is 0 Å². The Kier molecular flexibility index (Phi) is 6.23. The van der Waals surface area contributed by atoms with Crippen LogP contribution in [-0.2, 0) is 16.6 Å². The number of rotatable bonds is 8. The van der Waals surface area contributed by atoms with Crippen LogP contribution in [0.4, 0.5) is 0 Å². The summed E-state index contributed by atoms with van der Waals surface area (Å²) in [6.45, 7) is 2.01. The van der Waals surface area contributed by atoms with Gasteiger partial charge >= 0.3 is 5.97 Å². The van der Waals surface area contributed by atoms with E-state index in [0.29, 0.717) is 17.9 Å². The molecule has 0 heterocycles. The molecule has 0 amide bonds. The lowest BCUT2D eigenvalue weighted by Gasteiger charge is -2.37. The van der Waals surface area contributed by atoms with Crippen LogP contribution in [0.2, 0.25) is 0 Å². The third-order valence-corrected chi connectivity index (χ3v) is 5.63. The van der Waals surface area contributed by atoms with E-state index in [-0.39, 0.29) is 0 Å². The maximum absolute atomic E-state index is 12.5. The van der Waals surface area contributed by atoms with Gasteiger partial charge in [-0.3, -0.25) is 4.79 Å². The molecule has 0 aromatic heterocycles. The topological polar surface area (TPSA) is 55.8 Å². The van der Waals surface area contributed by atoms with Gasteiger partial charge < -0.3 is 14.6 Å². The van der Waals surface area contributed by atoms with E-state index in [9.17, 15) is 9.90 Å². The third-order valence-electron chi connectivity index (χ3n) is 5.63. The van der Waals surface area contributed by atoms with E-state index in [1.165, 1.54) is 0 Å². The molecule has 29 heavy (non-hydrogen) atoms. The molecule has 0 saturated heterocycles. The molecule has 0 radical (unpaired) electrons. The predicted molar refractivity (Wildman–Crippen MR) is 114 cm³/mol. The number of methoxy groups -OCH3 is 2. The molecule has 1 unspecified atom stereocenters. The van der Waals surface area contributed by atoms with Gasteiger partial charge in [0.05, 0.1) is 20.1 Å². The van der Waals surface area contributed by atoms with Crippen molar-refractivity contribution in [2.45, 2.75) is 18.8 Å². The highest BCUT2D eigenvalue weighted by Crippen LogP contribution is 2.41. The first-order valence-electron chi connectivity index (χ1n) is 9.55. The van der Waals surface area contributed by atoms with Crippen molar-refractivity contribution in [2.75, 3.05) is 14.2 Å². The molecule has 0 bridgehead atoms. The van der Waals surface area contributed by atoms with Gasteiger partial charge in [0.2, 0.25) is 0 Å². The third kappa shape index (κ3) is 4.11. The zero-order chi connectivity index (χ0) is 20.9. The summed E-state index contributed by atoms with van der Waals surface area (Å²) in [5.41, 5.74) is 2.12. The van der Waals surface area contributed by atoms with Crippen molar-refractivity contribution in [1.82, 2.24) is 0 Å². The van der Waals surface area contributed by atoms with Crippen LogP contribution in [-0.4, -0.2) is 25.3 Å². The minimum absolute atomic E-state index is 0.357. The summed E-state index contributed by atoms with van der Waals surface area (Å²) in [4.78, 5) is 12.5. The van der Waals surface area contributed by atoms with Crippen LogP contribution >= 0.6 is 0 Å². The molecule has 0 aliphatic rings. The fraction of sp³-hybridized carbons (Fsp3) is 0.240. The molecular weight excluding hydrogens is 364 g/mol. The van der Waals surface area contributed by atoms with Crippen LogP contribution in [0.5, 0.6) is 11.5 Å². The molecule has 4 heteroatoms. The highest BCUT2D eigenvalue weighted by atomic mass is 16.5. The largest absolute Gasteiger partial charge is 0.493 e. The summed E-state index contributed by atoms with van der Waals surface area (Å²) in [5.74, 6) is -0.298. The highest BCUT2D eigenvalue weighted by molar-refractivity contribution is 5.74. The molecule has 3 aromatic rings. The molecule has 0 fully saturated rings. The van der Waals surface area contributed by atoms with E-state index in [4.69, 9.17) is 9.47 Å². The first-order chi connectivity index (χ1) is 14.0. The normalized spacial score (nSPS) is 12.2. The second-order valence-corrected chi connectivity index (χ2v) is 7.22. The summed E-state index contributed by atoms with van der Waals surface area (Å²) >= 11 is 0. The minimum Gasteiger partial charge on any atom is -0.493 e. The minimum atomic E-state index is -0.838. The van der Waals surface area contributed by atoms with Crippen molar-refractivity contribution in [3.8, 4) is 11.5 Å². The van der Waals surface area contributed by atoms with Gasteiger partial charge in [-0.2, -0.15) is 0 Å². The summed E-state index contributed by atoms with van der Waals surface area (Å²) in [6.07, 6.45) is 0.357. The molecule has 0 spiro atoms. The van der Waals surface area contributed by atoms with E-state index in [1.807, 2.05) is 85.8 Å². The van der Waals surface area contributed by atoms with Crippen molar-refractivity contribution in [1.29, 1.82) is 0 Å². The van der Waals surface area contributed by atoms with Gasteiger partial charge in [-0.1, -0.05) is 73.7 Å². The van der Waals surface area contributed by atoms with E-state index >= 15 is 0 Å². The number of hydrogen-bond acceptors (Lipinski definition) is 3. The molecule has 4 nitrogen and oxygen atoms in total. The summed E-state index contributed by atoms with van der Waals surface area (Å²) < 4.78 is 10.7. The monoisotopic (exact) mass is 390 g/mol. The average Bonchev–Trinajstić information content (AvgIpc) is 2.77. The fourth-order valence-electron chi connectivity index (χ4n) is 3.92. The SMILES string of the molecule is COc1ccc(CC(C(=O)O)C(C)(c2ccccc2)c2ccccc2)cc1OC. The van der Waals surface area contributed by atoms with Crippen LogP contribution in [0, 0.1) is 5.92 Å². The summed E-state index contributed by atoms with van der Waals surface area (Å²) in [5, 5.41) is 10.3. The number of carbonyl (C=O) groups is 1. The van der Waals surface area contributed by atoms with Crippen LogP contribution in [0.15, 0.2) is 78.9 Å². The second kappa shape index (κ2) is 8.82. The van der Waals surface area contributed by atoms with Gasteiger partial charge in [-0.05, 0) is 35.2 Å². The molecule has 3 rings (SSSR count). The molecular formula is C25H26O4. The molecule has 3 aromatic carbocycles. The molecule has 150 valence electrons. The maximum Gasteiger partial charge on any atom is 0.308 e. The van der Waals surface area contributed by atoms with Gasteiger partial charge in [0, 0.05) is 5.41 Å². The Balaban J connectivity index is 2.10. The zero-order valence-electron chi connectivity index (χ0n) is 17.0. The maximum atomic E-state index is 12.5. The van der Waals surface area contributed by atoms with Crippen molar-refractivity contribution in [3.63, 3.8) is 0 Å². The Hall–Kier alpha value is -3.27. The lowest BCUT2D eigenvalue weighted by atomic mass is 9.65. The van der Waals surface area contributed by atoms with Crippen molar-refractivity contribution < 1.29 is 19.4 Å². The zero-order valence-corrected chi connectivity index (χ0v) is 17.0. The van der Waals surface area contributed by atoms with Crippen LogP contribution in [0.1, 0.15) is 23.6 Å². The van der Waals surface area contributed by atoms with E-state index < -0.39 is 17.3 Å². The Labute approximate surface area is 171 Å². The van der Waals surface area contributed by atoms with E-state index in [1.54, 1.807) is 14.2 Å². The van der Waals surface area contributed by atoms with Crippen molar-refractivity contribution in [3.05, 3.63) is 95.6 Å². The van der Waals surface area contributed by atoms with Gasteiger partial charge in [0.25, 0.3) is 0 Å². The lowest BCUT2D eigenvalue weighted by molar-refractivity contribution is -0.143. The number of aliphatic carboxylic acids is 1. The fourth-order valence-corrected chi connectivity index (χ4v) is 3.92. The molecule has 0 aliphatic heterocycles. The molecule has 1 N–H and O–H groups in total. The van der Waals surface area contributed by atoms with Crippen molar-refractivity contribution >= 4 is 5.97 Å². The number of hydrogen-bond donors (Lipinski definition) is 1. The molecule has 0 aliphatic carbocycles. The van der Waals surface area contributed by atoms with Gasteiger partial charge in [0.1, 0.15) is 0 Å². The lowest BCUT2D eigenvalue weighted by Crippen LogP contribution is -2.40. The van der Waals surface area contributed by atoms with Crippen LogP contribution < -0.4 is 9.47 Å². The van der Waals surface area contributed by atoms with Gasteiger partial charge in [-0.25, -0.2) is 0 Å². The summed E-state index contributed by atoms with van der Waals surface area (Å²) in [7, 11) is 3.16. The average molecular weight is 390 g/mol. The second-order valence-electron chi connectivity index (χ2n) is 7.22. The smallest absolute Gasteiger partial charge is 0.308 e. The van der Waals surface area contributed by atoms with Crippen molar-refractivity contribution in [2.24, 2.45) is 5.92 Å². The highest BCUT2D eigenvalue weighted by Gasteiger charge is 2.42. The Morgan fingerprint density at radius 2 is 1.38 bits per heavy atom. The first kappa shape index (κ1) is 20.5. The Bertz CT molecular complexity index is 912. The van der Waals surface area contributed by atoms with Gasteiger partial charge in [-0.15, -0.1) is 0 Å². The number of ether oxygens (including phenoxy) is 2. The Morgan fingerprint density at radius 1 is 0.862 bits per heavy atom.